The highest BCUT2D eigenvalue weighted by molar-refractivity contribution is 6.32. The van der Waals surface area contributed by atoms with Crippen molar-refractivity contribution in [3.05, 3.63) is 23.2 Å². The standard InChI is InChI=1S/C16H23ClN2O2/c1-2-8-21-15-7-6-12(9-14(15)17)19-16(20)13-5-3-4-11(13)10-18/h6-7,9,11,13H,2-5,8,10,18H2,1H3,(H,19,20). The molecule has 0 radical (unpaired) electrons. The van der Waals surface area contributed by atoms with Crippen molar-refractivity contribution in [3.63, 3.8) is 0 Å². The summed E-state index contributed by atoms with van der Waals surface area (Å²) in [5, 5.41) is 3.45. The van der Waals surface area contributed by atoms with Crippen LogP contribution in [-0.2, 0) is 4.79 Å². The highest BCUT2D eigenvalue weighted by Gasteiger charge is 2.31. The molecule has 0 heterocycles. The van der Waals surface area contributed by atoms with E-state index in [-0.39, 0.29) is 11.8 Å². The fourth-order valence-electron chi connectivity index (χ4n) is 2.81. The number of hydrogen-bond donors (Lipinski definition) is 2. The molecule has 2 atom stereocenters. The Morgan fingerprint density at radius 3 is 2.95 bits per heavy atom. The fourth-order valence-corrected chi connectivity index (χ4v) is 3.04. The number of nitrogens with one attached hydrogen (secondary N) is 1. The van der Waals surface area contributed by atoms with E-state index in [1.54, 1.807) is 12.1 Å². The molecule has 1 amide bonds. The fraction of sp³-hybridized carbons (Fsp3) is 0.562. The summed E-state index contributed by atoms with van der Waals surface area (Å²) in [6.45, 7) is 3.24. The second kappa shape index (κ2) is 7.66. The zero-order valence-electron chi connectivity index (χ0n) is 12.4. The largest absolute Gasteiger partial charge is 0.492 e. The topological polar surface area (TPSA) is 64.3 Å². The Kier molecular flexibility index (Phi) is 5.88. The van der Waals surface area contributed by atoms with Crippen LogP contribution in [0.2, 0.25) is 5.02 Å². The number of amides is 1. The van der Waals surface area contributed by atoms with Gasteiger partial charge in [-0.25, -0.2) is 0 Å². The lowest BCUT2D eigenvalue weighted by atomic mass is 9.95. The highest BCUT2D eigenvalue weighted by atomic mass is 35.5. The van der Waals surface area contributed by atoms with Gasteiger partial charge >= 0.3 is 0 Å². The molecule has 1 saturated carbocycles. The Balaban J connectivity index is 1.99. The molecule has 116 valence electrons. The Labute approximate surface area is 131 Å². The number of anilines is 1. The van der Waals surface area contributed by atoms with Crippen LogP contribution in [0.3, 0.4) is 0 Å². The number of nitrogens with two attached hydrogens (primary N) is 1. The van der Waals surface area contributed by atoms with E-state index in [1.807, 2.05) is 13.0 Å². The first kappa shape index (κ1) is 16.1. The van der Waals surface area contributed by atoms with Crippen LogP contribution < -0.4 is 15.8 Å². The third-order valence-corrected chi connectivity index (χ3v) is 4.26. The van der Waals surface area contributed by atoms with Crippen molar-refractivity contribution in [1.82, 2.24) is 0 Å². The Bertz CT molecular complexity index is 493. The maximum atomic E-state index is 12.3. The minimum Gasteiger partial charge on any atom is -0.492 e. The number of carbonyl (C=O) groups is 1. The summed E-state index contributed by atoms with van der Waals surface area (Å²) in [7, 11) is 0. The minimum atomic E-state index is 0.0183. The predicted molar refractivity (Wildman–Crippen MR) is 85.8 cm³/mol. The molecule has 1 aromatic carbocycles. The average molecular weight is 311 g/mol. The SMILES string of the molecule is CCCOc1ccc(NC(=O)C2CCCC2CN)cc1Cl. The van der Waals surface area contributed by atoms with Crippen molar-refractivity contribution in [1.29, 1.82) is 0 Å². The van der Waals surface area contributed by atoms with Gasteiger partial charge in [-0.1, -0.05) is 24.9 Å². The summed E-state index contributed by atoms with van der Waals surface area (Å²) in [6, 6.07) is 5.35. The summed E-state index contributed by atoms with van der Waals surface area (Å²) >= 11 is 6.17. The quantitative estimate of drug-likeness (QED) is 0.846. The maximum Gasteiger partial charge on any atom is 0.227 e. The molecule has 0 saturated heterocycles. The smallest absolute Gasteiger partial charge is 0.227 e. The van der Waals surface area contributed by atoms with E-state index in [1.165, 1.54) is 0 Å². The second-order valence-electron chi connectivity index (χ2n) is 5.52. The van der Waals surface area contributed by atoms with E-state index >= 15 is 0 Å². The molecule has 4 nitrogen and oxygen atoms in total. The molecule has 2 rings (SSSR count). The van der Waals surface area contributed by atoms with Crippen LogP contribution >= 0.6 is 11.6 Å². The van der Waals surface area contributed by atoms with Crippen molar-refractivity contribution in [2.45, 2.75) is 32.6 Å². The van der Waals surface area contributed by atoms with Crippen molar-refractivity contribution in [2.24, 2.45) is 17.6 Å². The third-order valence-electron chi connectivity index (χ3n) is 3.96. The molecule has 1 aliphatic rings. The van der Waals surface area contributed by atoms with E-state index < -0.39 is 0 Å². The van der Waals surface area contributed by atoms with Crippen molar-refractivity contribution in [3.8, 4) is 5.75 Å². The van der Waals surface area contributed by atoms with Crippen molar-refractivity contribution < 1.29 is 9.53 Å². The van der Waals surface area contributed by atoms with Crippen LogP contribution in [0.5, 0.6) is 5.75 Å². The molecule has 21 heavy (non-hydrogen) atoms. The number of hydrogen-bond acceptors (Lipinski definition) is 3. The van der Waals surface area contributed by atoms with Crippen molar-refractivity contribution >= 4 is 23.2 Å². The van der Waals surface area contributed by atoms with Gasteiger partial charge in [-0.2, -0.15) is 0 Å². The molecule has 5 heteroatoms. The van der Waals surface area contributed by atoms with Gasteiger partial charge in [0.15, 0.2) is 0 Å². The molecular weight excluding hydrogens is 288 g/mol. The summed E-state index contributed by atoms with van der Waals surface area (Å²) < 4.78 is 5.52. The van der Waals surface area contributed by atoms with Gasteiger partial charge in [-0.15, -0.1) is 0 Å². The number of rotatable bonds is 6. The summed E-state index contributed by atoms with van der Waals surface area (Å²) in [5.41, 5.74) is 6.43. The highest BCUT2D eigenvalue weighted by Crippen LogP contribution is 2.33. The molecule has 0 bridgehead atoms. The van der Waals surface area contributed by atoms with Crippen LogP contribution in [-0.4, -0.2) is 19.1 Å². The second-order valence-corrected chi connectivity index (χ2v) is 5.92. The lowest BCUT2D eigenvalue weighted by molar-refractivity contribution is -0.120. The number of ether oxygens (including phenoxy) is 1. The van der Waals surface area contributed by atoms with Crippen LogP contribution in [0, 0.1) is 11.8 Å². The Morgan fingerprint density at radius 1 is 1.48 bits per heavy atom. The van der Waals surface area contributed by atoms with Crippen LogP contribution in [0.1, 0.15) is 32.6 Å². The van der Waals surface area contributed by atoms with Crippen LogP contribution in [0.4, 0.5) is 5.69 Å². The van der Waals surface area contributed by atoms with Gasteiger partial charge in [-0.05, 0) is 49.9 Å². The van der Waals surface area contributed by atoms with E-state index in [0.29, 0.717) is 35.5 Å². The van der Waals surface area contributed by atoms with Gasteiger partial charge in [0.1, 0.15) is 5.75 Å². The Morgan fingerprint density at radius 2 is 2.29 bits per heavy atom. The molecule has 2 unspecified atom stereocenters. The van der Waals surface area contributed by atoms with Crippen LogP contribution in [0.25, 0.3) is 0 Å². The molecule has 0 spiro atoms. The first-order valence-corrected chi connectivity index (χ1v) is 7.96. The zero-order valence-corrected chi connectivity index (χ0v) is 13.2. The summed E-state index contributed by atoms with van der Waals surface area (Å²) in [4.78, 5) is 12.3. The van der Waals surface area contributed by atoms with E-state index in [9.17, 15) is 4.79 Å². The van der Waals surface area contributed by atoms with Gasteiger partial charge in [0.2, 0.25) is 5.91 Å². The lowest BCUT2D eigenvalue weighted by Gasteiger charge is -2.17. The van der Waals surface area contributed by atoms with E-state index in [4.69, 9.17) is 22.1 Å². The molecule has 0 aromatic heterocycles. The molecule has 0 aliphatic heterocycles. The minimum absolute atomic E-state index is 0.0183. The average Bonchev–Trinajstić information content (AvgIpc) is 2.95. The van der Waals surface area contributed by atoms with Gasteiger partial charge in [0.05, 0.1) is 11.6 Å². The maximum absolute atomic E-state index is 12.3. The first-order valence-electron chi connectivity index (χ1n) is 7.59. The van der Waals surface area contributed by atoms with Gasteiger partial charge in [-0.3, -0.25) is 4.79 Å². The number of carbonyl (C=O) groups excluding carboxylic acids is 1. The van der Waals surface area contributed by atoms with Gasteiger partial charge in [0.25, 0.3) is 0 Å². The normalized spacial score (nSPS) is 21.3. The molecule has 1 fully saturated rings. The zero-order chi connectivity index (χ0) is 15.2. The molecule has 1 aromatic rings. The number of benzene rings is 1. The predicted octanol–water partition coefficient (Wildman–Crippen LogP) is 3.44. The van der Waals surface area contributed by atoms with E-state index in [0.717, 1.165) is 25.7 Å². The van der Waals surface area contributed by atoms with Gasteiger partial charge in [0, 0.05) is 11.6 Å². The first-order chi connectivity index (χ1) is 10.2. The van der Waals surface area contributed by atoms with E-state index in [2.05, 4.69) is 5.32 Å². The molecule has 3 N–H and O–H groups in total. The Hall–Kier alpha value is -1.26. The lowest BCUT2D eigenvalue weighted by Crippen LogP contribution is -2.29. The number of halogens is 1. The van der Waals surface area contributed by atoms with Gasteiger partial charge < -0.3 is 15.8 Å². The molecular formula is C16H23ClN2O2. The van der Waals surface area contributed by atoms with Crippen LogP contribution in [0.15, 0.2) is 18.2 Å². The summed E-state index contributed by atoms with van der Waals surface area (Å²) in [5.74, 6) is 1.01. The monoisotopic (exact) mass is 310 g/mol. The van der Waals surface area contributed by atoms with Crippen molar-refractivity contribution in [2.75, 3.05) is 18.5 Å². The molecule has 1 aliphatic carbocycles. The summed E-state index contributed by atoms with van der Waals surface area (Å²) in [6.07, 6.45) is 3.96. The third kappa shape index (κ3) is 4.11.